The smallest absolute Gasteiger partial charge is 0.0195 e. The van der Waals surface area contributed by atoms with Crippen molar-refractivity contribution in [2.75, 3.05) is 7.05 Å². The summed E-state index contributed by atoms with van der Waals surface area (Å²) in [5.41, 5.74) is 6.97. The van der Waals surface area contributed by atoms with E-state index in [0.717, 1.165) is 0 Å². The van der Waals surface area contributed by atoms with Gasteiger partial charge in [-0.2, -0.15) is 0 Å². The molecule has 0 unspecified atom stereocenters. The zero-order valence-electron chi connectivity index (χ0n) is 9.51. The summed E-state index contributed by atoms with van der Waals surface area (Å²) in [6, 6.07) is 20.6. The molecule has 0 saturated heterocycles. The van der Waals surface area contributed by atoms with Crippen LogP contribution in [-0.4, -0.2) is 7.05 Å². The van der Waals surface area contributed by atoms with Gasteiger partial charge in [-0.1, -0.05) is 72.8 Å². The van der Waals surface area contributed by atoms with Crippen LogP contribution in [0.2, 0.25) is 0 Å². The van der Waals surface area contributed by atoms with Gasteiger partial charge in [0.25, 0.3) is 0 Å². The Bertz CT molecular complexity index is 362. The molecule has 0 amide bonds. The summed E-state index contributed by atoms with van der Waals surface area (Å²) >= 11 is 0. The SMILES string of the molecule is C(=Cc1ccccc1)c1ccccc1.CN. The number of benzene rings is 2. The maximum absolute atomic E-state index is 4.50. The first-order valence-corrected chi connectivity index (χ1v) is 5.31. The lowest BCUT2D eigenvalue weighted by Crippen LogP contribution is -1.70. The van der Waals surface area contributed by atoms with Crippen LogP contribution in [0.5, 0.6) is 0 Å². The third kappa shape index (κ3) is 4.11. The van der Waals surface area contributed by atoms with Crippen LogP contribution in [0.4, 0.5) is 0 Å². The van der Waals surface area contributed by atoms with Gasteiger partial charge in [0.05, 0.1) is 0 Å². The predicted molar refractivity (Wildman–Crippen MR) is 71.9 cm³/mol. The fourth-order valence-electron chi connectivity index (χ4n) is 1.32. The van der Waals surface area contributed by atoms with Crippen LogP contribution in [0.1, 0.15) is 11.1 Å². The molecule has 82 valence electrons. The quantitative estimate of drug-likeness (QED) is 0.757. The first kappa shape index (κ1) is 12.2. The summed E-state index contributed by atoms with van der Waals surface area (Å²) in [7, 11) is 1.50. The topological polar surface area (TPSA) is 26.0 Å². The molecule has 0 aromatic heterocycles. The van der Waals surface area contributed by atoms with Crippen molar-refractivity contribution in [2.24, 2.45) is 5.73 Å². The maximum Gasteiger partial charge on any atom is -0.0195 e. The van der Waals surface area contributed by atoms with E-state index < -0.39 is 0 Å². The molecule has 0 fully saturated rings. The van der Waals surface area contributed by atoms with E-state index >= 15 is 0 Å². The summed E-state index contributed by atoms with van der Waals surface area (Å²) < 4.78 is 0. The van der Waals surface area contributed by atoms with Crippen LogP contribution in [0.3, 0.4) is 0 Å². The molecular weight excluding hydrogens is 194 g/mol. The molecule has 0 aliphatic heterocycles. The molecule has 0 heterocycles. The number of rotatable bonds is 2. The van der Waals surface area contributed by atoms with Crippen molar-refractivity contribution >= 4 is 12.2 Å². The highest BCUT2D eigenvalue weighted by atomic mass is 14.4. The third-order valence-electron chi connectivity index (χ3n) is 2.07. The lowest BCUT2D eigenvalue weighted by Gasteiger charge is -1.92. The number of nitrogens with two attached hydrogens (primary N) is 1. The molecular formula is C15H17N. The predicted octanol–water partition coefficient (Wildman–Crippen LogP) is 3.43. The minimum Gasteiger partial charge on any atom is -0.333 e. The fourth-order valence-corrected chi connectivity index (χ4v) is 1.32. The van der Waals surface area contributed by atoms with Crippen LogP contribution < -0.4 is 5.73 Å². The Balaban J connectivity index is 0.000000606. The van der Waals surface area contributed by atoms with Crippen LogP contribution >= 0.6 is 0 Å². The maximum atomic E-state index is 4.50. The van der Waals surface area contributed by atoms with Crippen LogP contribution in [-0.2, 0) is 0 Å². The van der Waals surface area contributed by atoms with E-state index in [1.807, 2.05) is 36.4 Å². The van der Waals surface area contributed by atoms with Gasteiger partial charge in [0, 0.05) is 0 Å². The molecule has 1 heteroatoms. The Labute approximate surface area is 97.2 Å². The summed E-state index contributed by atoms with van der Waals surface area (Å²) in [5, 5.41) is 0. The van der Waals surface area contributed by atoms with E-state index in [1.54, 1.807) is 0 Å². The van der Waals surface area contributed by atoms with E-state index in [2.05, 4.69) is 42.2 Å². The summed E-state index contributed by atoms with van der Waals surface area (Å²) in [5.74, 6) is 0. The lowest BCUT2D eigenvalue weighted by molar-refractivity contribution is 1.48. The second-order valence-electron chi connectivity index (χ2n) is 3.15. The van der Waals surface area contributed by atoms with Crippen LogP contribution in [0, 0.1) is 0 Å². The van der Waals surface area contributed by atoms with Gasteiger partial charge in [0.15, 0.2) is 0 Å². The summed E-state index contributed by atoms with van der Waals surface area (Å²) in [6.07, 6.45) is 4.24. The van der Waals surface area contributed by atoms with E-state index in [-0.39, 0.29) is 0 Å². The van der Waals surface area contributed by atoms with E-state index in [9.17, 15) is 0 Å². The Kier molecular flexibility index (Phi) is 5.67. The Morgan fingerprint density at radius 1 is 0.625 bits per heavy atom. The minimum absolute atomic E-state index is 1.23. The van der Waals surface area contributed by atoms with Gasteiger partial charge < -0.3 is 5.73 Å². The van der Waals surface area contributed by atoms with Gasteiger partial charge in [0.2, 0.25) is 0 Å². The van der Waals surface area contributed by atoms with Gasteiger partial charge in [0.1, 0.15) is 0 Å². The minimum atomic E-state index is 1.23. The molecule has 2 N–H and O–H groups in total. The molecule has 2 rings (SSSR count). The van der Waals surface area contributed by atoms with E-state index in [4.69, 9.17) is 0 Å². The zero-order valence-corrected chi connectivity index (χ0v) is 9.51. The number of hydrogen-bond donors (Lipinski definition) is 1. The average molecular weight is 211 g/mol. The Morgan fingerprint density at radius 2 is 0.938 bits per heavy atom. The molecule has 0 atom stereocenters. The Hall–Kier alpha value is -1.86. The van der Waals surface area contributed by atoms with E-state index in [1.165, 1.54) is 18.2 Å². The molecule has 0 aliphatic rings. The summed E-state index contributed by atoms with van der Waals surface area (Å²) in [6.45, 7) is 0. The number of hydrogen-bond acceptors (Lipinski definition) is 1. The molecule has 0 bridgehead atoms. The molecule has 0 saturated carbocycles. The van der Waals surface area contributed by atoms with Gasteiger partial charge in [-0.05, 0) is 18.2 Å². The van der Waals surface area contributed by atoms with Gasteiger partial charge >= 0.3 is 0 Å². The summed E-state index contributed by atoms with van der Waals surface area (Å²) in [4.78, 5) is 0. The molecule has 1 nitrogen and oxygen atoms in total. The normalized spacial score (nSPS) is 9.62. The van der Waals surface area contributed by atoms with Crippen molar-refractivity contribution in [1.29, 1.82) is 0 Å². The second-order valence-corrected chi connectivity index (χ2v) is 3.15. The van der Waals surface area contributed by atoms with Crippen molar-refractivity contribution in [3.63, 3.8) is 0 Å². The lowest BCUT2D eigenvalue weighted by atomic mass is 10.1. The fraction of sp³-hybridized carbons (Fsp3) is 0.0667. The average Bonchev–Trinajstić information content (AvgIpc) is 2.41. The Morgan fingerprint density at radius 3 is 1.25 bits per heavy atom. The second kappa shape index (κ2) is 7.43. The molecule has 0 spiro atoms. The van der Waals surface area contributed by atoms with Gasteiger partial charge in [-0.15, -0.1) is 0 Å². The molecule has 0 radical (unpaired) electrons. The molecule has 16 heavy (non-hydrogen) atoms. The zero-order chi connectivity index (χ0) is 11.6. The van der Waals surface area contributed by atoms with Gasteiger partial charge in [-0.25, -0.2) is 0 Å². The van der Waals surface area contributed by atoms with Crippen molar-refractivity contribution in [3.05, 3.63) is 71.8 Å². The van der Waals surface area contributed by atoms with Crippen molar-refractivity contribution < 1.29 is 0 Å². The first-order chi connectivity index (χ1) is 7.95. The van der Waals surface area contributed by atoms with Crippen LogP contribution in [0.15, 0.2) is 60.7 Å². The highest BCUT2D eigenvalue weighted by Crippen LogP contribution is 2.06. The third-order valence-corrected chi connectivity index (χ3v) is 2.07. The highest BCUT2D eigenvalue weighted by molar-refractivity contribution is 5.69. The largest absolute Gasteiger partial charge is 0.333 e. The molecule has 2 aromatic carbocycles. The van der Waals surface area contributed by atoms with Crippen molar-refractivity contribution in [2.45, 2.75) is 0 Å². The highest BCUT2D eigenvalue weighted by Gasteiger charge is 1.84. The first-order valence-electron chi connectivity index (χ1n) is 5.31. The van der Waals surface area contributed by atoms with Gasteiger partial charge in [-0.3, -0.25) is 0 Å². The van der Waals surface area contributed by atoms with Crippen molar-refractivity contribution in [1.82, 2.24) is 0 Å². The van der Waals surface area contributed by atoms with Crippen molar-refractivity contribution in [3.8, 4) is 0 Å². The molecule has 0 aliphatic carbocycles. The monoisotopic (exact) mass is 211 g/mol. The van der Waals surface area contributed by atoms with Crippen LogP contribution in [0.25, 0.3) is 12.2 Å². The standard InChI is InChI=1S/C14H12.CH5N/c1-3-7-13(8-4-1)11-12-14-9-5-2-6-10-14;1-2/h1-12H;2H2,1H3. The van der Waals surface area contributed by atoms with E-state index in [0.29, 0.717) is 0 Å². The molecule has 2 aromatic rings.